The van der Waals surface area contributed by atoms with E-state index in [1.807, 2.05) is 18.3 Å². The number of nitrogens with zero attached hydrogens (tertiary/aromatic N) is 2. The van der Waals surface area contributed by atoms with Gasteiger partial charge in [0.15, 0.2) is 5.96 Å². The molecule has 0 saturated carbocycles. The number of aliphatic imine (C=N–C) groups is 1. The van der Waals surface area contributed by atoms with Crippen LogP contribution in [0.5, 0.6) is 0 Å². The summed E-state index contributed by atoms with van der Waals surface area (Å²) < 4.78 is 0. The number of aromatic nitrogens is 1. The topological polar surface area (TPSA) is 78.4 Å². The summed E-state index contributed by atoms with van der Waals surface area (Å²) in [4.78, 5) is 23.7. The summed E-state index contributed by atoms with van der Waals surface area (Å²) in [6, 6.07) is 4.59. The number of hydrogen-bond acceptors (Lipinski definition) is 5. The molecule has 0 fully saturated rings. The first-order valence-electron chi connectivity index (χ1n) is 8.20. The molecule has 0 bridgehead atoms. The number of halogens is 1. The number of aryl methyl sites for hydroxylation is 2. The van der Waals surface area contributed by atoms with Crippen molar-refractivity contribution in [3.05, 3.63) is 38.0 Å². The maximum Gasteiger partial charge on any atom is 0.263 e. The van der Waals surface area contributed by atoms with Gasteiger partial charge in [-0.15, -0.1) is 46.7 Å². The van der Waals surface area contributed by atoms with Crippen molar-refractivity contribution >= 4 is 58.5 Å². The van der Waals surface area contributed by atoms with Gasteiger partial charge in [0, 0.05) is 42.4 Å². The van der Waals surface area contributed by atoms with Crippen LogP contribution in [0.4, 0.5) is 0 Å². The fourth-order valence-electron chi connectivity index (χ4n) is 2.33. The molecule has 0 aromatic carbocycles. The predicted octanol–water partition coefficient (Wildman–Crippen LogP) is 2.97. The summed E-state index contributed by atoms with van der Waals surface area (Å²) in [6.07, 6.45) is 0.959. The van der Waals surface area contributed by atoms with Gasteiger partial charge in [0.25, 0.3) is 5.91 Å². The first kappa shape index (κ1) is 22.8. The third-order valence-corrected chi connectivity index (χ3v) is 5.52. The molecule has 1 atom stereocenters. The molecule has 3 N–H and O–H groups in total. The predicted molar refractivity (Wildman–Crippen MR) is 121 cm³/mol. The van der Waals surface area contributed by atoms with Gasteiger partial charge in [-0.2, -0.15) is 0 Å². The highest BCUT2D eigenvalue weighted by Gasteiger charge is 2.11. The zero-order chi connectivity index (χ0) is 18.2. The van der Waals surface area contributed by atoms with Crippen molar-refractivity contribution in [2.75, 3.05) is 20.1 Å². The van der Waals surface area contributed by atoms with Crippen LogP contribution in [0.2, 0.25) is 0 Å². The first-order valence-corrected chi connectivity index (χ1v) is 9.90. The molecule has 1 unspecified atom stereocenters. The van der Waals surface area contributed by atoms with Crippen LogP contribution in [0.1, 0.15) is 32.0 Å². The van der Waals surface area contributed by atoms with Crippen LogP contribution >= 0.6 is 46.7 Å². The maximum atomic E-state index is 12.0. The molecule has 9 heteroatoms. The van der Waals surface area contributed by atoms with Crippen molar-refractivity contribution in [3.63, 3.8) is 0 Å². The molecular weight excluding hydrogens is 481 g/mol. The van der Waals surface area contributed by atoms with Crippen LogP contribution < -0.4 is 16.0 Å². The zero-order valence-electron chi connectivity index (χ0n) is 15.5. The molecule has 2 aromatic rings. The largest absolute Gasteiger partial charge is 0.355 e. The van der Waals surface area contributed by atoms with E-state index in [-0.39, 0.29) is 35.9 Å². The Morgan fingerprint density at radius 3 is 2.58 bits per heavy atom. The molecule has 0 aliphatic carbocycles. The smallest absolute Gasteiger partial charge is 0.263 e. The van der Waals surface area contributed by atoms with Gasteiger partial charge in [-0.25, -0.2) is 4.98 Å². The van der Waals surface area contributed by atoms with Gasteiger partial charge < -0.3 is 16.0 Å². The van der Waals surface area contributed by atoms with E-state index < -0.39 is 0 Å². The van der Waals surface area contributed by atoms with Crippen molar-refractivity contribution in [2.24, 2.45) is 4.99 Å². The summed E-state index contributed by atoms with van der Waals surface area (Å²) in [6.45, 7) is 7.22. The Labute approximate surface area is 179 Å². The Bertz CT molecular complexity index is 728. The molecule has 1 amide bonds. The molecule has 0 radical (unpaired) electrons. The lowest BCUT2D eigenvalue weighted by Crippen LogP contribution is -2.45. The van der Waals surface area contributed by atoms with E-state index in [0.717, 1.165) is 18.1 Å². The lowest BCUT2D eigenvalue weighted by Gasteiger charge is -2.17. The molecule has 144 valence electrons. The molecule has 2 heterocycles. The highest BCUT2D eigenvalue weighted by molar-refractivity contribution is 14.0. The molecule has 6 nitrogen and oxygen atoms in total. The Hall–Kier alpha value is -1.20. The average molecular weight is 507 g/mol. The highest BCUT2D eigenvalue weighted by Crippen LogP contribution is 2.16. The number of carbonyl (C=O) groups is 1. The second-order valence-corrected chi connectivity index (χ2v) is 8.01. The second-order valence-electron chi connectivity index (χ2n) is 5.78. The van der Waals surface area contributed by atoms with Gasteiger partial charge in [0.1, 0.15) is 4.88 Å². The normalized spacial score (nSPS) is 12.2. The van der Waals surface area contributed by atoms with Gasteiger partial charge >= 0.3 is 0 Å². The fourth-order valence-corrected chi connectivity index (χ4v) is 4.07. The van der Waals surface area contributed by atoms with Crippen LogP contribution in [0.3, 0.4) is 0 Å². The van der Waals surface area contributed by atoms with E-state index in [2.05, 4.69) is 51.9 Å². The third kappa shape index (κ3) is 7.20. The molecule has 0 aliphatic heterocycles. The van der Waals surface area contributed by atoms with Crippen LogP contribution in [-0.4, -0.2) is 43.0 Å². The first-order chi connectivity index (χ1) is 12.0. The quantitative estimate of drug-likeness (QED) is 0.233. The molecule has 0 spiro atoms. The van der Waals surface area contributed by atoms with E-state index in [4.69, 9.17) is 0 Å². The summed E-state index contributed by atoms with van der Waals surface area (Å²) in [5.74, 6) is 0.662. The number of rotatable bonds is 7. The van der Waals surface area contributed by atoms with Crippen molar-refractivity contribution in [3.8, 4) is 0 Å². The minimum absolute atomic E-state index is 0. The summed E-state index contributed by atoms with van der Waals surface area (Å²) in [5, 5.41) is 9.49. The van der Waals surface area contributed by atoms with Crippen LogP contribution in [0.15, 0.2) is 22.6 Å². The number of thiophene rings is 1. The fraction of sp³-hybridized carbons (Fsp3) is 0.471. The summed E-state index contributed by atoms with van der Waals surface area (Å²) in [5.41, 5.74) is 2.45. The van der Waals surface area contributed by atoms with Gasteiger partial charge in [-0.05, 0) is 32.9 Å². The standard InChI is InChI=1S/C17H25N5OS2.HI/c1-11(9-14-6-5-12(2)25-14)22-17(18-4)20-8-7-19-16(23)15-13(3)21-10-24-15;/h5-6,10-11H,7-9H2,1-4H3,(H,19,23)(H2,18,20,22);1H. The number of nitrogens with one attached hydrogen (secondary N) is 3. The Balaban J connectivity index is 0.00000338. The average Bonchev–Trinajstić information content (AvgIpc) is 3.18. The van der Waals surface area contributed by atoms with Crippen molar-refractivity contribution < 1.29 is 4.79 Å². The van der Waals surface area contributed by atoms with Crippen LogP contribution in [0, 0.1) is 13.8 Å². The van der Waals surface area contributed by atoms with Crippen molar-refractivity contribution in [1.82, 2.24) is 20.9 Å². The Kier molecular flexibility index (Phi) is 10.1. The van der Waals surface area contributed by atoms with Gasteiger partial charge in [-0.1, -0.05) is 0 Å². The van der Waals surface area contributed by atoms with E-state index in [1.165, 1.54) is 21.1 Å². The molecule has 0 aliphatic rings. The van der Waals surface area contributed by atoms with Crippen molar-refractivity contribution in [1.29, 1.82) is 0 Å². The third-order valence-electron chi connectivity index (χ3n) is 3.56. The number of thiazole rings is 1. The van der Waals surface area contributed by atoms with Crippen molar-refractivity contribution in [2.45, 2.75) is 33.2 Å². The maximum absolute atomic E-state index is 12.0. The summed E-state index contributed by atoms with van der Waals surface area (Å²) >= 11 is 3.18. The SMILES string of the molecule is CN=C(NCCNC(=O)c1scnc1C)NC(C)Cc1ccc(C)s1.I. The van der Waals surface area contributed by atoms with Crippen LogP contribution in [-0.2, 0) is 6.42 Å². The summed E-state index contributed by atoms with van der Waals surface area (Å²) in [7, 11) is 1.75. The van der Waals surface area contributed by atoms with Gasteiger partial charge in [0.2, 0.25) is 0 Å². The molecule has 26 heavy (non-hydrogen) atoms. The minimum Gasteiger partial charge on any atom is -0.355 e. The van der Waals surface area contributed by atoms with Gasteiger partial charge in [0.05, 0.1) is 11.2 Å². The minimum atomic E-state index is -0.0776. The lowest BCUT2D eigenvalue weighted by atomic mass is 10.2. The number of hydrogen-bond donors (Lipinski definition) is 3. The Morgan fingerprint density at radius 2 is 2.00 bits per heavy atom. The highest BCUT2D eigenvalue weighted by atomic mass is 127. The number of guanidine groups is 1. The number of amides is 1. The Morgan fingerprint density at radius 1 is 1.27 bits per heavy atom. The second kappa shape index (κ2) is 11.5. The zero-order valence-corrected chi connectivity index (χ0v) is 19.4. The van der Waals surface area contributed by atoms with E-state index in [1.54, 1.807) is 12.6 Å². The van der Waals surface area contributed by atoms with E-state index in [0.29, 0.717) is 18.0 Å². The number of carbonyl (C=O) groups excluding carboxylic acids is 1. The van der Waals surface area contributed by atoms with Gasteiger partial charge in [-0.3, -0.25) is 9.79 Å². The lowest BCUT2D eigenvalue weighted by molar-refractivity contribution is 0.0957. The monoisotopic (exact) mass is 507 g/mol. The molecule has 0 saturated heterocycles. The van der Waals surface area contributed by atoms with E-state index >= 15 is 0 Å². The molecule has 2 aromatic heterocycles. The van der Waals surface area contributed by atoms with Crippen LogP contribution in [0.25, 0.3) is 0 Å². The van der Waals surface area contributed by atoms with E-state index in [9.17, 15) is 4.79 Å². The molecular formula is C17H26IN5OS2. The molecule has 2 rings (SSSR count).